The van der Waals surface area contributed by atoms with E-state index in [1.54, 1.807) is 30.3 Å². The number of methoxy groups -OCH3 is 1. The predicted octanol–water partition coefficient (Wildman–Crippen LogP) is 7.91. The third-order valence-corrected chi connectivity index (χ3v) is 9.14. The number of halogens is 6. The van der Waals surface area contributed by atoms with Crippen molar-refractivity contribution in [1.29, 1.82) is 0 Å². The molecule has 2 aliphatic rings. The number of pyridine rings is 1. The fourth-order valence-electron chi connectivity index (χ4n) is 5.60. The van der Waals surface area contributed by atoms with Gasteiger partial charge in [-0.25, -0.2) is 19.6 Å². The SMILES string of the molecule is COc1ccc(-c2nc(C(=O)O)cs2)cc1-c1ccc(N2CCC2)nc1CN1C(=O)OC(c2cc(C(F)(F)F)cc(C(F)(F)F)c2)C1C. The Labute approximate surface area is 273 Å². The van der Waals surface area contributed by atoms with Crippen LogP contribution in [0.3, 0.4) is 0 Å². The van der Waals surface area contributed by atoms with Crippen molar-refractivity contribution in [1.82, 2.24) is 14.9 Å². The molecule has 9 nitrogen and oxygen atoms in total. The Kier molecular flexibility index (Phi) is 8.47. The van der Waals surface area contributed by atoms with E-state index in [1.165, 1.54) is 24.3 Å². The van der Waals surface area contributed by atoms with Crippen molar-refractivity contribution in [3.05, 3.63) is 82.0 Å². The number of ether oxygens (including phenoxy) is 2. The Morgan fingerprint density at radius 2 is 1.69 bits per heavy atom. The summed E-state index contributed by atoms with van der Waals surface area (Å²) in [5.74, 6) is -0.137. The number of hydrogen-bond acceptors (Lipinski definition) is 8. The molecule has 2 aromatic carbocycles. The van der Waals surface area contributed by atoms with Gasteiger partial charge in [-0.3, -0.25) is 4.90 Å². The first-order valence-electron chi connectivity index (χ1n) is 14.5. The second kappa shape index (κ2) is 12.3. The fourth-order valence-corrected chi connectivity index (χ4v) is 6.39. The van der Waals surface area contributed by atoms with Gasteiger partial charge in [-0.15, -0.1) is 11.3 Å². The van der Waals surface area contributed by atoms with E-state index in [0.717, 1.165) is 30.8 Å². The maximum atomic E-state index is 13.6. The third kappa shape index (κ3) is 6.35. The zero-order valence-electron chi connectivity index (χ0n) is 25.2. The van der Waals surface area contributed by atoms with E-state index in [-0.39, 0.29) is 18.3 Å². The number of hydrogen-bond donors (Lipinski definition) is 1. The molecular formula is C32H26F6N4O5S. The quantitative estimate of drug-likeness (QED) is 0.186. The first kappa shape index (κ1) is 33.1. The number of carboxylic acid groups (broad SMARTS) is 1. The van der Waals surface area contributed by atoms with E-state index in [1.807, 2.05) is 4.90 Å². The van der Waals surface area contributed by atoms with E-state index < -0.39 is 53.3 Å². The van der Waals surface area contributed by atoms with Gasteiger partial charge in [-0.05, 0) is 67.4 Å². The van der Waals surface area contributed by atoms with Gasteiger partial charge in [-0.1, -0.05) is 0 Å². The smallest absolute Gasteiger partial charge is 0.416 e. The molecular weight excluding hydrogens is 666 g/mol. The predicted molar refractivity (Wildman–Crippen MR) is 162 cm³/mol. The van der Waals surface area contributed by atoms with E-state index >= 15 is 0 Å². The number of nitrogens with zero attached hydrogens (tertiary/aromatic N) is 4. The number of cyclic esters (lactones) is 1. The summed E-state index contributed by atoms with van der Waals surface area (Å²) in [6.45, 7) is 2.78. The monoisotopic (exact) mass is 692 g/mol. The zero-order valence-corrected chi connectivity index (χ0v) is 26.0. The van der Waals surface area contributed by atoms with Crippen LogP contribution in [0, 0.1) is 0 Å². The van der Waals surface area contributed by atoms with Crippen LogP contribution in [0.15, 0.2) is 53.9 Å². The van der Waals surface area contributed by atoms with Crippen LogP contribution in [0.2, 0.25) is 0 Å². The number of rotatable bonds is 8. The van der Waals surface area contributed by atoms with E-state index in [2.05, 4.69) is 4.98 Å². The van der Waals surface area contributed by atoms with Crippen LogP contribution in [0.1, 0.15) is 52.3 Å². The standard InChI is InChI=1S/C32H26F6N4O5S/c1-16-27(18-10-19(31(33,34)35)13-20(11-18)32(36,37)38)47-30(45)42(16)14-23-21(5-7-26(39-23)41-8-3-9-41)22-12-17(4-6-25(22)46-2)28-40-24(15-48-28)29(43)44/h4-7,10-13,15-16,27H,3,8-9,14H2,1-2H3,(H,43,44). The molecule has 2 atom stereocenters. The lowest BCUT2D eigenvalue weighted by Crippen LogP contribution is -2.38. The summed E-state index contributed by atoms with van der Waals surface area (Å²) in [5, 5.41) is 11.2. The lowest BCUT2D eigenvalue weighted by atomic mass is 9.97. The highest BCUT2D eigenvalue weighted by Crippen LogP contribution is 2.43. The lowest BCUT2D eigenvalue weighted by molar-refractivity contribution is -0.143. The number of amides is 1. The molecule has 0 radical (unpaired) electrons. The van der Waals surface area contributed by atoms with Crippen molar-refractivity contribution in [2.75, 3.05) is 25.1 Å². The van der Waals surface area contributed by atoms with Crippen molar-refractivity contribution in [2.45, 2.75) is 44.4 Å². The molecule has 2 unspecified atom stereocenters. The molecule has 252 valence electrons. The third-order valence-electron chi connectivity index (χ3n) is 8.25. The number of aromatic nitrogens is 2. The normalized spacial score (nSPS) is 18.1. The second-order valence-corrected chi connectivity index (χ2v) is 12.1. The van der Waals surface area contributed by atoms with Crippen molar-refractivity contribution in [3.8, 4) is 27.4 Å². The van der Waals surface area contributed by atoms with Crippen molar-refractivity contribution < 1.29 is 50.5 Å². The van der Waals surface area contributed by atoms with Crippen molar-refractivity contribution >= 4 is 29.2 Å². The molecule has 0 aliphatic carbocycles. The Morgan fingerprint density at radius 1 is 1.00 bits per heavy atom. The van der Waals surface area contributed by atoms with Gasteiger partial charge in [0.15, 0.2) is 5.69 Å². The van der Waals surface area contributed by atoms with Crippen LogP contribution < -0.4 is 9.64 Å². The number of carbonyl (C=O) groups is 2. The molecule has 2 saturated heterocycles. The summed E-state index contributed by atoms with van der Waals surface area (Å²) < 4.78 is 92.6. The van der Waals surface area contributed by atoms with Crippen LogP contribution in [0.4, 0.5) is 37.0 Å². The minimum absolute atomic E-state index is 0.0237. The van der Waals surface area contributed by atoms with Crippen LogP contribution in [0.25, 0.3) is 21.7 Å². The highest BCUT2D eigenvalue weighted by Gasteiger charge is 2.43. The van der Waals surface area contributed by atoms with Crippen LogP contribution >= 0.6 is 11.3 Å². The summed E-state index contributed by atoms with van der Waals surface area (Å²) in [4.78, 5) is 36.9. The summed E-state index contributed by atoms with van der Waals surface area (Å²) in [5.41, 5.74) is -1.58. The molecule has 4 heterocycles. The first-order chi connectivity index (χ1) is 22.6. The minimum Gasteiger partial charge on any atom is -0.496 e. The highest BCUT2D eigenvalue weighted by atomic mass is 32.1. The Bertz CT molecular complexity index is 1860. The van der Waals surface area contributed by atoms with Crippen molar-refractivity contribution in [3.63, 3.8) is 0 Å². The van der Waals surface area contributed by atoms with Crippen LogP contribution in [-0.4, -0.2) is 58.3 Å². The number of benzene rings is 2. The summed E-state index contributed by atoms with van der Waals surface area (Å²) >= 11 is 1.13. The first-order valence-corrected chi connectivity index (χ1v) is 15.4. The average Bonchev–Trinajstić information content (AvgIpc) is 3.61. The van der Waals surface area contributed by atoms with Crippen LogP contribution in [0.5, 0.6) is 5.75 Å². The maximum Gasteiger partial charge on any atom is 0.416 e. The molecule has 4 aromatic rings. The molecule has 48 heavy (non-hydrogen) atoms. The summed E-state index contributed by atoms with van der Waals surface area (Å²) in [6.07, 6.45) is -11.6. The highest BCUT2D eigenvalue weighted by molar-refractivity contribution is 7.13. The number of anilines is 1. The lowest BCUT2D eigenvalue weighted by Gasteiger charge is -2.33. The van der Waals surface area contributed by atoms with Crippen molar-refractivity contribution in [2.24, 2.45) is 0 Å². The molecule has 2 aromatic heterocycles. The van der Waals surface area contributed by atoms with Gasteiger partial charge in [-0.2, -0.15) is 26.3 Å². The second-order valence-electron chi connectivity index (χ2n) is 11.3. The number of carbonyl (C=O) groups excluding carboxylic acids is 1. The van der Waals surface area contributed by atoms with Crippen LogP contribution in [-0.2, 0) is 23.6 Å². The molecule has 1 amide bonds. The van der Waals surface area contributed by atoms with Gasteiger partial charge in [0.2, 0.25) is 0 Å². The summed E-state index contributed by atoms with van der Waals surface area (Å²) in [7, 11) is 1.46. The molecule has 2 aliphatic heterocycles. The Morgan fingerprint density at radius 3 is 2.25 bits per heavy atom. The molecule has 0 bridgehead atoms. The molecule has 2 fully saturated rings. The Balaban J connectivity index is 1.39. The molecule has 0 spiro atoms. The number of carboxylic acids is 1. The van der Waals surface area contributed by atoms with Gasteiger partial charge in [0.1, 0.15) is 22.7 Å². The minimum atomic E-state index is -5.07. The number of aromatic carboxylic acids is 1. The largest absolute Gasteiger partial charge is 0.496 e. The van der Waals surface area contributed by atoms with Gasteiger partial charge < -0.3 is 19.5 Å². The molecule has 0 saturated carbocycles. The van der Waals surface area contributed by atoms with E-state index in [0.29, 0.717) is 51.1 Å². The number of thiazole rings is 1. The van der Waals surface area contributed by atoms with Gasteiger partial charge in [0, 0.05) is 35.2 Å². The maximum absolute atomic E-state index is 13.6. The zero-order chi connectivity index (χ0) is 34.5. The van der Waals surface area contributed by atoms with E-state index in [9.17, 15) is 41.0 Å². The molecule has 16 heteroatoms. The van der Waals surface area contributed by atoms with Gasteiger partial charge in [0.25, 0.3) is 0 Å². The molecule has 1 N–H and O–H groups in total. The fraction of sp³-hybridized carbons (Fsp3) is 0.312. The van der Waals surface area contributed by atoms with E-state index in [4.69, 9.17) is 14.5 Å². The van der Waals surface area contributed by atoms with Gasteiger partial charge >= 0.3 is 24.4 Å². The van der Waals surface area contributed by atoms with Gasteiger partial charge in [0.05, 0.1) is 36.5 Å². The number of alkyl halides is 6. The molecule has 6 rings (SSSR count). The average molecular weight is 693 g/mol. The Hall–Kier alpha value is -4.86. The topological polar surface area (TPSA) is 105 Å². The summed E-state index contributed by atoms with van der Waals surface area (Å²) in [6, 6.07) is 8.87.